The van der Waals surface area contributed by atoms with Gasteiger partial charge in [0.15, 0.2) is 0 Å². The van der Waals surface area contributed by atoms with Crippen molar-refractivity contribution in [3.63, 3.8) is 0 Å². The van der Waals surface area contributed by atoms with Crippen molar-refractivity contribution >= 4 is 23.2 Å². The Balaban J connectivity index is 2.14. The Kier molecular flexibility index (Phi) is 4.71. The van der Waals surface area contributed by atoms with Gasteiger partial charge in [-0.15, -0.1) is 0 Å². The molecule has 20 heavy (non-hydrogen) atoms. The number of anilines is 1. The summed E-state index contributed by atoms with van der Waals surface area (Å²) in [6.45, 7) is 0.714. The number of hydrogen-bond acceptors (Lipinski definition) is 2. The minimum Gasteiger partial charge on any atom is -0.322 e. The van der Waals surface area contributed by atoms with Crippen LogP contribution in [-0.2, 0) is 6.54 Å². The molecule has 0 radical (unpaired) electrons. The lowest BCUT2D eigenvalue weighted by Crippen LogP contribution is -2.12. The molecule has 0 aromatic heterocycles. The van der Waals surface area contributed by atoms with E-state index in [9.17, 15) is 9.18 Å². The molecule has 2 N–H and O–H groups in total. The number of benzene rings is 2. The zero-order valence-electron chi connectivity index (χ0n) is 10.9. The largest absolute Gasteiger partial charge is 0.322 e. The summed E-state index contributed by atoms with van der Waals surface area (Å²) in [5.41, 5.74) is 2.06. The minimum atomic E-state index is -0.542. The molecule has 0 aliphatic heterocycles. The van der Waals surface area contributed by atoms with Crippen molar-refractivity contribution < 1.29 is 9.18 Å². The average molecular weight is 293 g/mol. The maximum atomic E-state index is 13.1. The number of halogens is 2. The van der Waals surface area contributed by atoms with Crippen molar-refractivity contribution in [3.05, 3.63) is 64.4 Å². The summed E-state index contributed by atoms with van der Waals surface area (Å²) in [5.74, 6) is -0.868. The molecule has 0 aliphatic rings. The SMILES string of the molecule is CNCc1cccc(NC(=O)c2ccc(F)c(Cl)c2)c1. The van der Waals surface area contributed by atoms with E-state index in [0.717, 1.165) is 5.56 Å². The van der Waals surface area contributed by atoms with Crippen LogP contribution in [-0.4, -0.2) is 13.0 Å². The van der Waals surface area contributed by atoms with E-state index in [1.807, 2.05) is 25.2 Å². The van der Waals surface area contributed by atoms with Crippen LogP contribution in [0.5, 0.6) is 0 Å². The van der Waals surface area contributed by atoms with Crippen molar-refractivity contribution in [3.8, 4) is 0 Å². The Morgan fingerprint density at radius 1 is 1.25 bits per heavy atom. The van der Waals surface area contributed by atoms with Gasteiger partial charge in [0.1, 0.15) is 5.82 Å². The van der Waals surface area contributed by atoms with Gasteiger partial charge in [0.05, 0.1) is 5.02 Å². The van der Waals surface area contributed by atoms with Gasteiger partial charge in [0.2, 0.25) is 0 Å². The first kappa shape index (κ1) is 14.5. The molecule has 0 spiro atoms. The summed E-state index contributed by atoms with van der Waals surface area (Å²) < 4.78 is 13.1. The second-order valence-corrected chi connectivity index (χ2v) is 4.72. The molecule has 5 heteroatoms. The van der Waals surface area contributed by atoms with Crippen LogP contribution in [0.1, 0.15) is 15.9 Å². The van der Waals surface area contributed by atoms with E-state index in [2.05, 4.69) is 10.6 Å². The van der Waals surface area contributed by atoms with Crippen molar-refractivity contribution in [1.29, 1.82) is 0 Å². The Morgan fingerprint density at radius 3 is 2.75 bits per heavy atom. The highest BCUT2D eigenvalue weighted by Crippen LogP contribution is 2.18. The summed E-state index contributed by atoms with van der Waals surface area (Å²) in [5, 5.41) is 5.73. The van der Waals surface area contributed by atoms with Gasteiger partial charge in [-0.3, -0.25) is 4.79 Å². The van der Waals surface area contributed by atoms with Crippen LogP contribution in [0.4, 0.5) is 10.1 Å². The summed E-state index contributed by atoms with van der Waals surface area (Å²) in [6.07, 6.45) is 0. The molecule has 0 saturated heterocycles. The third-order valence-corrected chi connectivity index (χ3v) is 3.04. The minimum absolute atomic E-state index is 0.0680. The summed E-state index contributed by atoms with van der Waals surface area (Å²) in [6, 6.07) is 11.4. The lowest BCUT2D eigenvalue weighted by Gasteiger charge is -2.08. The van der Waals surface area contributed by atoms with Gasteiger partial charge in [-0.2, -0.15) is 0 Å². The van der Waals surface area contributed by atoms with Crippen molar-refractivity contribution in [2.75, 3.05) is 12.4 Å². The highest BCUT2D eigenvalue weighted by atomic mass is 35.5. The van der Waals surface area contributed by atoms with Gasteiger partial charge in [-0.05, 0) is 42.9 Å². The first-order valence-electron chi connectivity index (χ1n) is 6.10. The standard InChI is InChI=1S/C15H14ClFN2O/c1-18-9-10-3-2-4-12(7-10)19-15(20)11-5-6-14(17)13(16)8-11/h2-8,18H,9H2,1H3,(H,19,20). The lowest BCUT2D eigenvalue weighted by atomic mass is 10.1. The van der Waals surface area contributed by atoms with Gasteiger partial charge in [0.25, 0.3) is 5.91 Å². The highest BCUT2D eigenvalue weighted by Gasteiger charge is 2.09. The molecular formula is C15H14ClFN2O. The molecule has 3 nitrogen and oxygen atoms in total. The molecule has 0 unspecified atom stereocenters. The van der Waals surface area contributed by atoms with Gasteiger partial charge in [-0.25, -0.2) is 4.39 Å². The molecule has 2 aromatic rings. The molecule has 2 aromatic carbocycles. The van der Waals surface area contributed by atoms with E-state index in [1.165, 1.54) is 18.2 Å². The number of nitrogens with one attached hydrogen (secondary N) is 2. The molecule has 1 amide bonds. The smallest absolute Gasteiger partial charge is 0.255 e. The molecule has 0 saturated carbocycles. The van der Waals surface area contributed by atoms with Crippen molar-refractivity contribution in [1.82, 2.24) is 5.32 Å². The fourth-order valence-corrected chi connectivity index (χ4v) is 1.98. The molecule has 0 atom stereocenters. The predicted octanol–water partition coefficient (Wildman–Crippen LogP) is 3.45. The van der Waals surface area contributed by atoms with Gasteiger partial charge in [0, 0.05) is 17.8 Å². The number of carbonyl (C=O) groups excluding carboxylic acids is 1. The average Bonchev–Trinajstić information content (AvgIpc) is 2.42. The van der Waals surface area contributed by atoms with Crippen LogP contribution in [0.2, 0.25) is 5.02 Å². The molecular weight excluding hydrogens is 279 g/mol. The zero-order valence-corrected chi connectivity index (χ0v) is 11.7. The van der Waals surface area contributed by atoms with E-state index >= 15 is 0 Å². The van der Waals surface area contributed by atoms with Crippen LogP contribution in [0.3, 0.4) is 0 Å². The number of amides is 1. The van der Waals surface area contributed by atoms with Gasteiger partial charge >= 0.3 is 0 Å². The Bertz CT molecular complexity index is 631. The van der Waals surface area contributed by atoms with Crippen LogP contribution in [0.15, 0.2) is 42.5 Å². The Hall–Kier alpha value is -1.91. The first-order chi connectivity index (χ1) is 9.60. The second-order valence-electron chi connectivity index (χ2n) is 4.31. The molecule has 0 aliphatic carbocycles. The highest BCUT2D eigenvalue weighted by molar-refractivity contribution is 6.31. The maximum Gasteiger partial charge on any atom is 0.255 e. The summed E-state index contributed by atoms with van der Waals surface area (Å²) in [7, 11) is 1.85. The van der Waals surface area contributed by atoms with Crippen LogP contribution < -0.4 is 10.6 Å². The van der Waals surface area contributed by atoms with Crippen LogP contribution in [0, 0.1) is 5.82 Å². The van der Waals surface area contributed by atoms with Gasteiger partial charge in [-0.1, -0.05) is 23.7 Å². The summed E-state index contributed by atoms with van der Waals surface area (Å²) in [4.78, 5) is 12.0. The molecule has 0 fully saturated rings. The molecule has 104 valence electrons. The first-order valence-corrected chi connectivity index (χ1v) is 6.48. The lowest BCUT2D eigenvalue weighted by molar-refractivity contribution is 0.102. The third kappa shape index (κ3) is 3.56. The molecule has 0 heterocycles. The van der Waals surface area contributed by atoms with Gasteiger partial charge < -0.3 is 10.6 Å². The number of hydrogen-bond donors (Lipinski definition) is 2. The van der Waals surface area contributed by atoms with Crippen molar-refractivity contribution in [2.24, 2.45) is 0 Å². The zero-order chi connectivity index (χ0) is 14.5. The quantitative estimate of drug-likeness (QED) is 0.906. The Labute approximate surface area is 121 Å². The fourth-order valence-electron chi connectivity index (χ4n) is 1.80. The number of carbonyl (C=O) groups is 1. The Morgan fingerprint density at radius 2 is 2.05 bits per heavy atom. The summed E-state index contributed by atoms with van der Waals surface area (Å²) >= 11 is 5.66. The van der Waals surface area contributed by atoms with Crippen molar-refractivity contribution in [2.45, 2.75) is 6.54 Å². The molecule has 0 bridgehead atoms. The van der Waals surface area contributed by atoms with E-state index < -0.39 is 5.82 Å². The molecule has 2 rings (SSSR count). The van der Waals surface area contributed by atoms with E-state index in [4.69, 9.17) is 11.6 Å². The monoisotopic (exact) mass is 292 g/mol. The van der Waals surface area contributed by atoms with E-state index in [0.29, 0.717) is 17.8 Å². The maximum absolute atomic E-state index is 13.1. The van der Waals surface area contributed by atoms with E-state index in [-0.39, 0.29) is 10.9 Å². The van der Waals surface area contributed by atoms with Crippen LogP contribution in [0.25, 0.3) is 0 Å². The third-order valence-electron chi connectivity index (χ3n) is 2.75. The normalized spacial score (nSPS) is 10.3. The predicted molar refractivity (Wildman–Crippen MR) is 78.6 cm³/mol. The van der Waals surface area contributed by atoms with Crippen LogP contribution >= 0.6 is 11.6 Å². The fraction of sp³-hybridized carbons (Fsp3) is 0.133. The second kappa shape index (κ2) is 6.50. The topological polar surface area (TPSA) is 41.1 Å². The van der Waals surface area contributed by atoms with E-state index in [1.54, 1.807) is 6.07 Å². The number of rotatable bonds is 4.